The van der Waals surface area contributed by atoms with Gasteiger partial charge in [-0.15, -0.1) is 0 Å². The molecule has 0 spiro atoms. The van der Waals surface area contributed by atoms with Crippen LogP contribution in [-0.4, -0.2) is 13.6 Å². The fraction of sp³-hybridized carbons (Fsp3) is 0.222. The fourth-order valence-corrected chi connectivity index (χ4v) is 2.34. The molecule has 0 aliphatic carbocycles. The summed E-state index contributed by atoms with van der Waals surface area (Å²) in [5.41, 5.74) is 3.29. The lowest BCUT2D eigenvalue weighted by Gasteiger charge is -2.06. The van der Waals surface area contributed by atoms with Crippen LogP contribution in [0.5, 0.6) is 5.75 Å². The summed E-state index contributed by atoms with van der Waals surface area (Å²) in [7, 11) is 1.96. The Labute approximate surface area is 124 Å². The molecule has 3 nitrogen and oxygen atoms in total. The maximum atomic E-state index is 5.87. The van der Waals surface area contributed by atoms with Crippen LogP contribution in [0.4, 0.5) is 0 Å². The summed E-state index contributed by atoms with van der Waals surface area (Å²) in [5.74, 6) is 0.874. The summed E-state index contributed by atoms with van der Waals surface area (Å²) < 4.78 is 11.5. The molecule has 0 fully saturated rings. The zero-order valence-electron chi connectivity index (χ0n) is 12.1. The van der Waals surface area contributed by atoms with Crippen LogP contribution in [-0.2, 0) is 13.0 Å². The Morgan fingerprint density at radius 2 is 1.95 bits per heavy atom. The van der Waals surface area contributed by atoms with Gasteiger partial charge in [0.15, 0.2) is 0 Å². The van der Waals surface area contributed by atoms with Crippen LogP contribution < -0.4 is 10.1 Å². The fourth-order valence-electron chi connectivity index (χ4n) is 2.34. The first-order valence-electron chi connectivity index (χ1n) is 7.18. The largest absolute Gasteiger partial charge is 0.489 e. The number of hydrogen-bond donors (Lipinski definition) is 1. The third kappa shape index (κ3) is 3.26. The second-order valence-electron chi connectivity index (χ2n) is 5.05. The van der Waals surface area contributed by atoms with Crippen molar-refractivity contribution in [3.05, 3.63) is 65.9 Å². The molecule has 0 bridgehead atoms. The van der Waals surface area contributed by atoms with Gasteiger partial charge in [-0.2, -0.15) is 0 Å². The SMILES string of the molecule is CNCCc1coc2ccc(OCc3ccccc3)cc12. The van der Waals surface area contributed by atoms with Crippen LogP contribution in [0.1, 0.15) is 11.1 Å². The molecule has 0 amide bonds. The van der Waals surface area contributed by atoms with E-state index in [1.54, 1.807) is 0 Å². The normalized spacial score (nSPS) is 10.9. The van der Waals surface area contributed by atoms with E-state index in [1.165, 1.54) is 11.1 Å². The summed E-state index contributed by atoms with van der Waals surface area (Å²) in [6, 6.07) is 16.2. The average molecular weight is 281 g/mol. The molecule has 108 valence electrons. The van der Waals surface area contributed by atoms with E-state index in [4.69, 9.17) is 9.15 Å². The van der Waals surface area contributed by atoms with Gasteiger partial charge < -0.3 is 14.5 Å². The number of fused-ring (bicyclic) bond motifs is 1. The predicted octanol–water partition coefficient (Wildman–Crippen LogP) is 3.77. The average Bonchev–Trinajstić information content (AvgIpc) is 2.94. The number of benzene rings is 2. The lowest BCUT2D eigenvalue weighted by atomic mass is 10.1. The van der Waals surface area contributed by atoms with E-state index in [-0.39, 0.29) is 0 Å². The van der Waals surface area contributed by atoms with Crippen molar-refractivity contribution in [1.82, 2.24) is 5.32 Å². The van der Waals surface area contributed by atoms with Crippen molar-refractivity contribution in [3.8, 4) is 5.75 Å². The highest BCUT2D eigenvalue weighted by atomic mass is 16.5. The molecule has 0 aliphatic rings. The molecule has 21 heavy (non-hydrogen) atoms. The number of nitrogens with one attached hydrogen (secondary N) is 1. The van der Waals surface area contributed by atoms with Crippen molar-refractivity contribution in [1.29, 1.82) is 0 Å². The lowest BCUT2D eigenvalue weighted by Crippen LogP contribution is -2.09. The van der Waals surface area contributed by atoms with E-state index in [9.17, 15) is 0 Å². The Bertz CT molecular complexity index is 704. The molecule has 3 rings (SSSR count). The van der Waals surface area contributed by atoms with Crippen molar-refractivity contribution in [2.24, 2.45) is 0 Å². The van der Waals surface area contributed by atoms with Crippen molar-refractivity contribution in [2.75, 3.05) is 13.6 Å². The number of likely N-dealkylation sites (N-methyl/N-ethyl adjacent to an activating group) is 1. The van der Waals surface area contributed by atoms with E-state index >= 15 is 0 Å². The molecule has 0 atom stereocenters. The highest BCUT2D eigenvalue weighted by Crippen LogP contribution is 2.26. The molecule has 0 saturated carbocycles. The molecule has 1 aromatic heterocycles. The smallest absolute Gasteiger partial charge is 0.134 e. The second-order valence-corrected chi connectivity index (χ2v) is 5.05. The van der Waals surface area contributed by atoms with Crippen molar-refractivity contribution < 1.29 is 9.15 Å². The van der Waals surface area contributed by atoms with Crippen LogP contribution in [0.3, 0.4) is 0 Å². The van der Waals surface area contributed by atoms with Gasteiger partial charge in [0, 0.05) is 5.39 Å². The van der Waals surface area contributed by atoms with Gasteiger partial charge in [-0.25, -0.2) is 0 Å². The highest BCUT2D eigenvalue weighted by Gasteiger charge is 2.07. The van der Waals surface area contributed by atoms with Gasteiger partial charge in [0.25, 0.3) is 0 Å². The Hall–Kier alpha value is -2.26. The number of furan rings is 1. The number of hydrogen-bond acceptors (Lipinski definition) is 3. The topological polar surface area (TPSA) is 34.4 Å². The number of ether oxygens (including phenoxy) is 1. The predicted molar refractivity (Wildman–Crippen MR) is 84.6 cm³/mol. The van der Waals surface area contributed by atoms with Crippen molar-refractivity contribution in [2.45, 2.75) is 13.0 Å². The zero-order chi connectivity index (χ0) is 14.5. The molecule has 2 aromatic carbocycles. The first-order chi connectivity index (χ1) is 10.4. The minimum Gasteiger partial charge on any atom is -0.489 e. The zero-order valence-corrected chi connectivity index (χ0v) is 12.1. The molecular weight excluding hydrogens is 262 g/mol. The maximum absolute atomic E-state index is 5.87. The molecule has 0 aliphatic heterocycles. The molecule has 3 aromatic rings. The van der Waals surface area contributed by atoms with Crippen molar-refractivity contribution in [3.63, 3.8) is 0 Å². The standard InChI is InChI=1S/C18H19NO2/c1-19-10-9-15-13-21-18-8-7-16(11-17(15)18)20-12-14-5-3-2-4-6-14/h2-8,11,13,19H,9-10,12H2,1H3. The summed E-state index contributed by atoms with van der Waals surface area (Å²) in [6.45, 7) is 1.51. The Morgan fingerprint density at radius 3 is 2.76 bits per heavy atom. The molecule has 0 unspecified atom stereocenters. The van der Waals surface area contributed by atoms with Crippen LogP contribution in [0.2, 0.25) is 0 Å². The first-order valence-corrected chi connectivity index (χ1v) is 7.18. The quantitative estimate of drug-likeness (QED) is 0.746. The van der Waals surface area contributed by atoms with E-state index < -0.39 is 0 Å². The monoisotopic (exact) mass is 281 g/mol. The molecule has 1 N–H and O–H groups in total. The summed E-state index contributed by atoms with van der Waals surface area (Å²) >= 11 is 0. The molecule has 3 heteroatoms. The highest BCUT2D eigenvalue weighted by molar-refractivity contribution is 5.82. The van der Waals surface area contributed by atoms with Gasteiger partial charge in [0.05, 0.1) is 6.26 Å². The first kappa shape index (κ1) is 13.7. The van der Waals surface area contributed by atoms with Crippen LogP contribution in [0.25, 0.3) is 11.0 Å². The minimum atomic E-state index is 0.579. The van der Waals surface area contributed by atoms with Gasteiger partial charge in [-0.3, -0.25) is 0 Å². The van der Waals surface area contributed by atoms with Gasteiger partial charge >= 0.3 is 0 Å². The molecular formula is C18H19NO2. The second kappa shape index (κ2) is 6.46. The van der Waals surface area contributed by atoms with E-state index in [0.717, 1.165) is 29.7 Å². The van der Waals surface area contributed by atoms with E-state index in [0.29, 0.717) is 6.61 Å². The Morgan fingerprint density at radius 1 is 1.10 bits per heavy atom. The summed E-state index contributed by atoms with van der Waals surface area (Å²) in [6.07, 6.45) is 2.79. The Kier molecular flexibility index (Phi) is 4.22. The third-order valence-electron chi connectivity index (χ3n) is 3.52. The molecule has 0 saturated heterocycles. The van der Waals surface area contributed by atoms with E-state index in [1.807, 2.05) is 43.6 Å². The molecule has 1 heterocycles. The minimum absolute atomic E-state index is 0.579. The van der Waals surface area contributed by atoms with Gasteiger partial charge in [-0.05, 0) is 49.3 Å². The maximum Gasteiger partial charge on any atom is 0.134 e. The lowest BCUT2D eigenvalue weighted by molar-refractivity contribution is 0.306. The van der Waals surface area contributed by atoms with E-state index in [2.05, 4.69) is 23.5 Å². The van der Waals surface area contributed by atoms with Gasteiger partial charge in [0.1, 0.15) is 17.9 Å². The van der Waals surface area contributed by atoms with Gasteiger partial charge in [0.2, 0.25) is 0 Å². The number of rotatable bonds is 6. The van der Waals surface area contributed by atoms with Gasteiger partial charge in [-0.1, -0.05) is 30.3 Å². The van der Waals surface area contributed by atoms with Crippen LogP contribution in [0.15, 0.2) is 59.2 Å². The summed E-state index contributed by atoms with van der Waals surface area (Å²) in [5, 5.41) is 4.29. The van der Waals surface area contributed by atoms with Crippen LogP contribution >= 0.6 is 0 Å². The van der Waals surface area contributed by atoms with Crippen LogP contribution in [0, 0.1) is 0 Å². The Balaban J connectivity index is 1.76. The molecule has 0 radical (unpaired) electrons. The summed E-state index contributed by atoms with van der Waals surface area (Å²) in [4.78, 5) is 0. The third-order valence-corrected chi connectivity index (χ3v) is 3.52. The van der Waals surface area contributed by atoms with Crippen molar-refractivity contribution >= 4 is 11.0 Å².